The molecule has 0 bridgehead atoms. The minimum Gasteiger partial charge on any atom is -0.496 e. The van der Waals surface area contributed by atoms with Crippen molar-refractivity contribution in [3.8, 4) is 17.2 Å². The summed E-state index contributed by atoms with van der Waals surface area (Å²) >= 11 is 0. The van der Waals surface area contributed by atoms with Crippen LogP contribution in [0, 0.1) is 0 Å². The second kappa shape index (κ2) is 8.79. The van der Waals surface area contributed by atoms with Gasteiger partial charge >= 0.3 is 0 Å². The van der Waals surface area contributed by atoms with Crippen molar-refractivity contribution in [2.75, 3.05) is 31.0 Å². The molecule has 0 saturated heterocycles. The lowest BCUT2D eigenvalue weighted by Crippen LogP contribution is -2.38. The molecule has 0 saturated carbocycles. The van der Waals surface area contributed by atoms with Crippen molar-refractivity contribution in [1.29, 1.82) is 0 Å². The van der Waals surface area contributed by atoms with Crippen LogP contribution in [0.1, 0.15) is 15.9 Å². The Balaban J connectivity index is 1.59. The third kappa shape index (κ3) is 4.16. The maximum atomic E-state index is 12.9. The fourth-order valence-corrected chi connectivity index (χ4v) is 3.49. The second-order valence-electron chi connectivity index (χ2n) is 6.93. The molecule has 0 fully saturated rings. The molecule has 0 unspecified atom stereocenters. The predicted octanol–water partition coefficient (Wildman–Crippen LogP) is 3.88. The molecule has 3 aromatic carbocycles. The Morgan fingerprint density at radius 1 is 1.00 bits per heavy atom. The molecule has 158 valence electrons. The molecule has 1 aliphatic heterocycles. The van der Waals surface area contributed by atoms with Crippen LogP contribution >= 0.6 is 0 Å². The smallest absolute Gasteiger partial charge is 0.265 e. The van der Waals surface area contributed by atoms with Gasteiger partial charge in [0.25, 0.3) is 11.8 Å². The van der Waals surface area contributed by atoms with Crippen LogP contribution in [0.4, 0.5) is 11.4 Å². The molecular weight excluding hydrogens is 396 g/mol. The average molecular weight is 418 g/mol. The summed E-state index contributed by atoms with van der Waals surface area (Å²) in [4.78, 5) is 27.1. The van der Waals surface area contributed by atoms with Crippen LogP contribution in [-0.2, 0) is 11.3 Å². The van der Waals surface area contributed by atoms with E-state index in [1.165, 1.54) is 14.2 Å². The largest absolute Gasteiger partial charge is 0.496 e. The van der Waals surface area contributed by atoms with E-state index in [-0.39, 0.29) is 18.4 Å². The summed E-state index contributed by atoms with van der Waals surface area (Å²) < 4.78 is 16.2. The van der Waals surface area contributed by atoms with Gasteiger partial charge in [0.15, 0.2) is 6.61 Å². The van der Waals surface area contributed by atoms with Crippen LogP contribution in [0.15, 0.2) is 66.7 Å². The molecule has 7 nitrogen and oxygen atoms in total. The van der Waals surface area contributed by atoms with E-state index in [1.807, 2.05) is 30.3 Å². The van der Waals surface area contributed by atoms with Crippen LogP contribution < -0.4 is 24.4 Å². The van der Waals surface area contributed by atoms with Crippen molar-refractivity contribution in [1.82, 2.24) is 0 Å². The number of anilines is 2. The Bertz CT molecular complexity index is 1090. The minimum absolute atomic E-state index is 0.0580. The monoisotopic (exact) mass is 418 g/mol. The van der Waals surface area contributed by atoms with Crippen molar-refractivity contribution >= 4 is 23.2 Å². The maximum absolute atomic E-state index is 12.9. The Morgan fingerprint density at radius 2 is 1.71 bits per heavy atom. The van der Waals surface area contributed by atoms with E-state index in [0.717, 1.165) is 5.56 Å². The molecule has 0 atom stereocenters. The molecular formula is C24H22N2O5. The van der Waals surface area contributed by atoms with Crippen molar-refractivity contribution < 1.29 is 23.8 Å². The Morgan fingerprint density at radius 3 is 2.39 bits per heavy atom. The van der Waals surface area contributed by atoms with Gasteiger partial charge in [0.05, 0.1) is 26.5 Å². The number of ether oxygens (including phenoxy) is 3. The number of amides is 2. The lowest BCUT2D eigenvalue weighted by atomic mass is 10.1. The first-order valence-electron chi connectivity index (χ1n) is 9.74. The standard InChI is InChI=1S/C24H22N2O5/c1-29-19-9-6-10-20(30-2)23(19)24(28)25-17-11-12-18-21(13-17)31-15-22(27)26(18)14-16-7-4-3-5-8-16/h3-13H,14-15H2,1-2H3,(H,25,28). The highest BCUT2D eigenvalue weighted by atomic mass is 16.5. The molecule has 1 N–H and O–H groups in total. The van der Waals surface area contributed by atoms with Gasteiger partial charge in [-0.2, -0.15) is 0 Å². The van der Waals surface area contributed by atoms with E-state index in [9.17, 15) is 9.59 Å². The summed E-state index contributed by atoms with van der Waals surface area (Å²) in [7, 11) is 2.99. The molecule has 3 aromatic rings. The van der Waals surface area contributed by atoms with Gasteiger partial charge in [-0.15, -0.1) is 0 Å². The normalized spacial score (nSPS) is 12.6. The maximum Gasteiger partial charge on any atom is 0.265 e. The number of nitrogens with one attached hydrogen (secondary N) is 1. The molecule has 7 heteroatoms. The number of rotatable bonds is 6. The summed E-state index contributed by atoms with van der Waals surface area (Å²) in [6.07, 6.45) is 0. The molecule has 4 rings (SSSR count). The van der Waals surface area contributed by atoms with Gasteiger partial charge in [0.2, 0.25) is 0 Å². The number of carbonyl (C=O) groups is 2. The fraction of sp³-hybridized carbons (Fsp3) is 0.167. The number of benzene rings is 3. The molecule has 0 spiro atoms. The van der Waals surface area contributed by atoms with Gasteiger partial charge in [-0.1, -0.05) is 36.4 Å². The molecule has 31 heavy (non-hydrogen) atoms. The first-order chi connectivity index (χ1) is 15.1. The van der Waals surface area contributed by atoms with E-state index in [4.69, 9.17) is 14.2 Å². The van der Waals surface area contributed by atoms with E-state index in [2.05, 4.69) is 5.32 Å². The lowest BCUT2D eigenvalue weighted by Gasteiger charge is -2.30. The van der Waals surface area contributed by atoms with Crippen molar-refractivity contribution in [3.05, 3.63) is 77.9 Å². The molecule has 1 aliphatic rings. The van der Waals surface area contributed by atoms with Gasteiger partial charge < -0.3 is 24.4 Å². The third-order valence-electron chi connectivity index (χ3n) is 5.00. The number of fused-ring (bicyclic) bond motifs is 1. The molecule has 0 aromatic heterocycles. The quantitative estimate of drug-likeness (QED) is 0.657. The molecule has 0 aliphatic carbocycles. The topological polar surface area (TPSA) is 77.1 Å². The number of hydrogen-bond acceptors (Lipinski definition) is 5. The van der Waals surface area contributed by atoms with Gasteiger partial charge in [-0.05, 0) is 29.8 Å². The predicted molar refractivity (Wildman–Crippen MR) is 117 cm³/mol. The lowest BCUT2D eigenvalue weighted by molar-refractivity contribution is -0.121. The molecule has 1 heterocycles. The Labute approximate surface area is 180 Å². The van der Waals surface area contributed by atoms with Crippen LogP contribution in [-0.4, -0.2) is 32.6 Å². The SMILES string of the molecule is COc1cccc(OC)c1C(=O)Nc1ccc2c(c1)OCC(=O)N2Cc1ccccc1. The zero-order valence-corrected chi connectivity index (χ0v) is 17.3. The van der Waals surface area contributed by atoms with Gasteiger partial charge in [0.1, 0.15) is 22.8 Å². The first-order valence-corrected chi connectivity index (χ1v) is 9.74. The second-order valence-corrected chi connectivity index (χ2v) is 6.93. The minimum atomic E-state index is -0.373. The molecule has 0 radical (unpaired) electrons. The number of methoxy groups -OCH3 is 2. The zero-order chi connectivity index (χ0) is 21.8. The summed E-state index contributed by atoms with van der Waals surface area (Å²) in [5, 5.41) is 2.85. The van der Waals surface area contributed by atoms with E-state index in [0.29, 0.717) is 40.7 Å². The summed E-state index contributed by atoms with van der Waals surface area (Å²) in [5.41, 5.74) is 2.51. The average Bonchev–Trinajstić information content (AvgIpc) is 2.81. The van der Waals surface area contributed by atoms with Crippen LogP contribution in [0.5, 0.6) is 17.2 Å². The first kappa shape index (κ1) is 20.3. The van der Waals surface area contributed by atoms with E-state index < -0.39 is 0 Å². The highest BCUT2D eigenvalue weighted by Gasteiger charge is 2.26. The number of nitrogens with zero attached hydrogens (tertiary/aromatic N) is 1. The Hall–Kier alpha value is -4.00. The van der Waals surface area contributed by atoms with Gasteiger partial charge in [-0.3, -0.25) is 9.59 Å². The van der Waals surface area contributed by atoms with Crippen molar-refractivity contribution in [2.45, 2.75) is 6.54 Å². The van der Waals surface area contributed by atoms with Gasteiger partial charge in [-0.25, -0.2) is 0 Å². The van der Waals surface area contributed by atoms with Gasteiger partial charge in [0, 0.05) is 11.8 Å². The number of hydrogen-bond donors (Lipinski definition) is 1. The fourth-order valence-electron chi connectivity index (χ4n) is 3.49. The van der Waals surface area contributed by atoms with Crippen molar-refractivity contribution in [3.63, 3.8) is 0 Å². The third-order valence-corrected chi connectivity index (χ3v) is 5.00. The van der Waals surface area contributed by atoms with Crippen LogP contribution in [0.2, 0.25) is 0 Å². The molecule has 2 amide bonds. The van der Waals surface area contributed by atoms with Crippen LogP contribution in [0.3, 0.4) is 0 Å². The summed E-state index contributed by atoms with van der Waals surface area (Å²) in [5.74, 6) is 0.853. The van der Waals surface area contributed by atoms with E-state index >= 15 is 0 Å². The zero-order valence-electron chi connectivity index (χ0n) is 17.3. The van der Waals surface area contributed by atoms with Crippen molar-refractivity contribution in [2.24, 2.45) is 0 Å². The summed E-state index contributed by atoms with van der Waals surface area (Å²) in [6.45, 7) is 0.387. The highest BCUT2D eigenvalue weighted by Crippen LogP contribution is 2.36. The summed E-state index contributed by atoms with van der Waals surface area (Å²) in [6, 6.07) is 20.1. The number of carbonyl (C=O) groups excluding carboxylic acids is 2. The van der Waals surface area contributed by atoms with E-state index in [1.54, 1.807) is 41.3 Å². The highest BCUT2D eigenvalue weighted by molar-refractivity contribution is 6.08. The van der Waals surface area contributed by atoms with Crippen LogP contribution in [0.25, 0.3) is 0 Å². The Kier molecular flexibility index (Phi) is 5.75.